The van der Waals surface area contributed by atoms with Gasteiger partial charge >= 0.3 is 0 Å². The summed E-state index contributed by atoms with van der Waals surface area (Å²) in [7, 11) is -3.81. The van der Waals surface area contributed by atoms with Gasteiger partial charge in [0.2, 0.25) is 10.0 Å². The first-order valence-electron chi connectivity index (χ1n) is 8.27. The maximum absolute atomic E-state index is 13.1. The van der Waals surface area contributed by atoms with Crippen LogP contribution in [0.2, 0.25) is 5.02 Å². The number of sulfonamides is 1. The molecule has 8 heteroatoms. The Hall–Kier alpha value is -1.51. The van der Waals surface area contributed by atoms with Crippen LogP contribution in [0.25, 0.3) is 0 Å². The Balaban J connectivity index is 1.60. The number of nitrogens with zero attached hydrogens (tertiary/aromatic N) is 1. The zero-order chi connectivity index (χ0) is 18.6. The molecular weight excluding hydrogens is 379 g/mol. The molecule has 5 nitrogen and oxygen atoms in total. The number of nitrogens with one attached hydrogen (secondary N) is 1. The van der Waals surface area contributed by atoms with Crippen molar-refractivity contribution in [3.63, 3.8) is 0 Å². The monoisotopic (exact) mass is 398 g/mol. The summed E-state index contributed by atoms with van der Waals surface area (Å²) in [5.41, 5.74) is 2.00. The molecule has 1 heterocycles. The average Bonchev–Trinajstić information content (AvgIpc) is 2.62. The van der Waals surface area contributed by atoms with Crippen LogP contribution in [0.3, 0.4) is 0 Å². The molecule has 1 fully saturated rings. The summed E-state index contributed by atoms with van der Waals surface area (Å²) in [5, 5.41) is -0.140. The van der Waals surface area contributed by atoms with Crippen LogP contribution in [0.15, 0.2) is 47.4 Å². The van der Waals surface area contributed by atoms with E-state index in [1.807, 2.05) is 24.3 Å². The predicted molar refractivity (Wildman–Crippen MR) is 98.0 cm³/mol. The molecule has 1 aliphatic heterocycles. The Bertz CT molecular complexity index is 853. The van der Waals surface area contributed by atoms with E-state index in [1.165, 1.54) is 5.56 Å². The van der Waals surface area contributed by atoms with Crippen molar-refractivity contribution in [3.8, 4) is 0 Å². The highest BCUT2D eigenvalue weighted by Crippen LogP contribution is 2.22. The summed E-state index contributed by atoms with van der Waals surface area (Å²) in [6, 6.07) is 11.0. The van der Waals surface area contributed by atoms with E-state index in [-0.39, 0.29) is 16.5 Å². The van der Waals surface area contributed by atoms with E-state index >= 15 is 0 Å². The molecular formula is C18H20ClFN2O3S. The normalized spacial score (nSPS) is 15.9. The van der Waals surface area contributed by atoms with E-state index in [0.29, 0.717) is 0 Å². The van der Waals surface area contributed by atoms with Crippen molar-refractivity contribution in [2.24, 2.45) is 0 Å². The zero-order valence-corrected chi connectivity index (χ0v) is 15.7. The Kier molecular flexibility index (Phi) is 6.26. The van der Waals surface area contributed by atoms with Crippen molar-refractivity contribution in [2.75, 3.05) is 26.3 Å². The standard InChI is InChI=1S/C18H20ClFN2O3S/c19-17-11-16(20)5-6-18(17)26(23,24)21-12-14-1-3-15(4-2-14)13-22-7-9-25-10-8-22/h1-6,11,21H,7-10,12-13H2. The van der Waals surface area contributed by atoms with Crippen LogP contribution in [0, 0.1) is 5.82 Å². The number of morpholine rings is 1. The molecule has 2 aromatic carbocycles. The quantitative estimate of drug-likeness (QED) is 0.812. The second-order valence-corrected chi connectivity index (χ2v) is 8.25. The van der Waals surface area contributed by atoms with E-state index in [4.69, 9.17) is 16.3 Å². The Morgan fingerprint density at radius 3 is 2.38 bits per heavy atom. The van der Waals surface area contributed by atoms with Gasteiger partial charge in [0, 0.05) is 26.2 Å². The van der Waals surface area contributed by atoms with Gasteiger partial charge in [-0.1, -0.05) is 35.9 Å². The van der Waals surface area contributed by atoms with Gasteiger partial charge in [-0.25, -0.2) is 17.5 Å². The fraction of sp³-hybridized carbons (Fsp3) is 0.333. The molecule has 0 atom stereocenters. The van der Waals surface area contributed by atoms with Crippen LogP contribution >= 0.6 is 11.6 Å². The van der Waals surface area contributed by atoms with E-state index in [9.17, 15) is 12.8 Å². The number of benzene rings is 2. The highest BCUT2D eigenvalue weighted by atomic mass is 35.5. The van der Waals surface area contributed by atoms with Gasteiger partial charge in [-0.15, -0.1) is 0 Å². The smallest absolute Gasteiger partial charge is 0.242 e. The predicted octanol–water partition coefficient (Wildman–Crippen LogP) is 2.79. The number of hydrogen-bond acceptors (Lipinski definition) is 4. The van der Waals surface area contributed by atoms with Crippen molar-refractivity contribution in [1.29, 1.82) is 0 Å². The van der Waals surface area contributed by atoms with Gasteiger partial charge in [-0.2, -0.15) is 0 Å². The van der Waals surface area contributed by atoms with Crippen molar-refractivity contribution < 1.29 is 17.5 Å². The largest absolute Gasteiger partial charge is 0.379 e. The third-order valence-electron chi connectivity index (χ3n) is 4.18. The fourth-order valence-corrected chi connectivity index (χ4v) is 4.28. The second-order valence-electron chi connectivity index (χ2n) is 6.10. The topological polar surface area (TPSA) is 58.6 Å². The second kappa shape index (κ2) is 8.45. The van der Waals surface area contributed by atoms with Crippen molar-refractivity contribution in [1.82, 2.24) is 9.62 Å². The van der Waals surface area contributed by atoms with Gasteiger partial charge in [0.05, 0.1) is 18.2 Å². The van der Waals surface area contributed by atoms with Crippen molar-refractivity contribution in [3.05, 3.63) is 64.4 Å². The maximum Gasteiger partial charge on any atom is 0.242 e. The van der Waals surface area contributed by atoms with E-state index in [0.717, 1.165) is 56.6 Å². The number of ether oxygens (including phenoxy) is 1. The van der Waals surface area contributed by atoms with Crippen molar-refractivity contribution in [2.45, 2.75) is 18.0 Å². The molecule has 1 N–H and O–H groups in total. The Morgan fingerprint density at radius 1 is 1.08 bits per heavy atom. The molecule has 1 saturated heterocycles. The molecule has 26 heavy (non-hydrogen) atoms. The molecule has 3 rings (SSSR count). The van der Waals surface area contributed by atoms with Gasteiger partial charge < -0.3 is 4.74 Å². The third kappa shape index (κ3) is 5.02. The minimum atomic E-state index is -3.81. The lowest BCUT2D eigenvalue weighted by Crippen LogP contribution is -2.35. The first-order chi connectivity index (χ1) is 12.4. The van der Waals surface area contributed by atoms with Gasteiger partial charge in [0.25, 0.3) is 0 Å². The number of rotatable bonds is 6. The molecule has 2 aromatic rings. The molecule has 0 unspecified atom stereocenters. The van der Waals surface area contributed by atoms with Gasteiger partial charge in [0.1, 0.15) is 10.7 Å². The van der Waals surface area contributed by atoms with Gasteiger partial charge in [-0.3, -0.25) is 4.90 Å². The first-order valence-corrected chi connectivity index (χ1v) is 10.1. The zero-order valence-electron chi connectivity index (χ0n) is 14.1. The van der Waals surface area contributed by atoms with Crippen LogP contribution in [0.5, 0.6) is 0 Å². The van der Waals surface area contributed by atoms with Crippen LogP contribution in [-0.4, -0.2) is 39.6 Å². The SMILES string of the molecule is O=S(=O)(NCc1ccc(CN2CCOCC2)cc1)c1ccc(F)cc1Cl. The van der Waals surface area contributed by atoms with Gasteiger partial charge in [0.15, 0.2) is 0 Å². The third-order valence-corrected chi connectivity index (χ3v) is 6.07. The van der Waals surface area contributed by atoms with Crippen LogP contribution in [0.4, 0.5) is 4.39 Å². The summed E-state index contributed by atoms with van der Waals surface area (Å²) in [5.74, 6) is -0.579. The van der Waals surface area contributed by atoms with Gasteiger partial charge in [-0.05, 0) is 29.3 Å². The molecule has 0 saturated carbocycles. The summed E-state index contributed by atoms with van der Waals surface area (Å²) in [6.45, 7) is 4.33. The fourth-order valence-electron chi connectivity index (χ4n) is 2.73. The van der Waals surface area contributed by atoms with Crippen LogP contribution in [-0.2, 0) is 27.8 Å². The Morgan fingerprint density at radius 2 is 1.73 bits per heavy atom. The molecule has 0 aromatic heterocycles. The van der Waals surface area contributed by atoms with E-state index in [2.05, 4.69) is 9.62 Å². The van der Waals surface area contributed by atoms with Crippen LogP contribution in [0.1, 0.15) is 11.1 Å². The average molecular weight is 399 g/mol. The maximum atomic E-state index is 13.1. The summed E-state index contributed by atoms with van der Waals surface area (Å²) < 4.78 is 45.6. The number of halogens is 2. The lowest BCUT2D eigenvalue weighted by atomic mass is 10.1. The molecule has 1 aliphatic rings. The van der Waals surface area contributed by atoms with Crippen LogP contribution < -0.4 is 4.72 Å². The molecule has 0 radical (unpaired) electrons. The molecule has 0 spiro atoms. The minimum absolute atomic E-state index is 0.133. The van der Waals surface area contributed by atoms with E-state index in [1.54, 1.807) is 0 Å². The molecule has 0 bridgehead atoms. The summed E-state index contributed by atoms with van der Waals surface area (Å²) in [6.07, 6.45) is 0. The van der Waals surface area contributed by atoms with E-state index < -0.39 is 15.8 Å². The molecule has 0 amide bonds. The Labute approximate surface area is 157 Å². The lowest BCUT2D eigenvalue weighted by Gasteiger charge is -2.26. The minimum Gasteiger partial charge on any atom is -0.379 e. The molecule has 0 aliphatic carbocycles. The van der Waals surface area contributed by atoms with Crippen molar-refractivity contribution >= 4 is 21.6 Å². The highest BCUT2D eigenvalue weighted by molar-refractivity contribution is 7.89. The number of hydrogen-bond donors (Lipinski definition) is 1. The summed E-state index contributed by atoms with van der Waals surface area (Å²) in [4.78, 5) is 2.18. The summed E-state index contributed by atoms with van der Waals surface area (Å²) >= 11 is 5.84. The highest BCUT2D eigenvalue weighted by Gasteiger charge is 2.18. The first kappa shape index (κ1) is 19.3. The molecule has 140 valence electrons. The lowest BCUT2D eigenvalue weighted by molar-refractivity contribution is 0.0342.